The predicted octanol–water partition coefficient (Wildman–Crippen LogP) is 3.37. The van der Waals surface area contributed by atoms with Crippen molar-refractivity contribution in [2.45, 2.75) is 19.4 Å². The average Bonchev–Trinajstić information content (AvgIpc) is 2.66. The van der Waals surface area contributed by atoms with Crippen LogP contribution in [0.4, 0.5) is 10.1 Å². The summed E-state index contributed by atoms with van der Waals surface area (Å²) in [6.07, 6.45) is 1.77. The molecule has 1 aliphatic rings. The highest BCUT2D eigenvalue weighted by molar-refractivity contribution is 5.94. The molecule has 0 radical (unpaired) electrons. The second-order valence-corrected chi connectivity index (χ2v) is 6.33. The number of carbonyl (C=O) groups is 1. The van der Waals surface area contributed by atoms with Crippen LogP contribution in [0, 0.1) is 11.7 Å². The molecule has 0 atom stereocenters. The molecule has 0 saturated carbocycles. The minimum absolute atomic E-state index is 0.0927. The Labute approximate surface area is 147 Å². The number of piperidine rings is 1. The van der Waals surface area contributed by atoms with Crippen LogP contribution < -0.4 is 15.0 Å². The van der Waals surface area contributed by atoms with E-state index in [1.807, 2.05) is 37.4 Å². The van der Waals surface area contributed by atoms with Crippen LogP contribution in [-0.2, 0) is 11.4 Å². The Morgan fingerprint density at radius 2 is 1.92 bits per heavy atom. The van der Waals surface area contributed by atoms with Gasteiger partial charge in [-0.2, -0.15) is 0 Å². The Morgan fingerprint density at radius 1 is 1.20 bits per heavy atom. The van der Waals surface area contributed by atoms with Gasteiger partial charge in [-0.05, 0) is 67.9 Å². The molecule has 132 valence electrons. The van der Waals surface area contributed by atoms with Crippen molar-refractivity contribution >= 4 is 11.6 Å². The average molecular weight is 342 g/mol. The van der Waals surface area contributed by atoms with Crippen LogP contribution in [0.1, 0.15) is 18.4 Å². The molecule has 0 aromatic heterocycles. The first-order chi connectivity index (χ1) is 12.1. The first-order valence-electron chi connectivity index (χ1n) is 8.59. The zero-order valence-electron chi connectivity index (χ0n) is 14.4. The Bertz CT molecular complexity index is 712. The third kappa shape index (κ3) is 4.57. The lowest BCUT2D eigenvalue weighted by atomic mass is 9.96. The molecule has 5 heteroatoms. The van der Waals surface area contributed by atoms with Crippen molar-refractivity contribution in [1.29, 1.82) is 0 Å². The van der Waals surface area contributed by atoms with Gasteiger partial charge in [0.25, 0.3) is 0 Å². The van der Waals surface area contributed by atoms with Crippen LogP contribution in [0.5, 0.6) is 5.75 Å². The normalized spacial score (nSPS) is 15.0. The van der Waals surface area contributed by atoms with Crippen LogP contribution >= 0.6 is 0 Å². The number of rotatable bonds is 5. The third-order valence-electron chi connectivity index (χ3n) is 4.54. The standard InChI is InChI=1S/C20H23FN2O2/c1-23(20(24)16-9-11-22-12-10-16)18-5-7-19(8-6-18)25-14-15-3-2-4-17(21)13-15/h2-8,13,16,22H,9-12,14H2,1H3. The highest BCUT2D eigenvalue weighted by atomic mass is 19.1. The smallest absolute Gasteiger partial charge is 0.229 e. The summed E-state index contributed by atoms with van der Waals surface area (Å²) in [6.45, 7) is 2.11. The minimum atomic E-state index is -0.269. The number of halogens is 1. The monoisotopic (exact) mass is 342 g/mol. The fourth-order valence-electron chi connectivity index (χ4n) is 3.03. The van der Waals surface area contributed by atoms with E-state index in [9.17, 15) is 9.18 Å². The molecule has 4 nitrogen and oxygen atoms in total. The summed E-state index contributed by atoms with van der Waals surface area (Å²) in [5.41, 5.74) is 1.63. The Morgan fingerprint density at radius 3 is 2.60 bits per heavy atom. The molecule has 2 aromatic rings. The van der Waals surface area contributed by atoms with Gasteiger partial charge in [-0.3, -0.25) is 4.79 Å². The fourth-order valence-corrected chi connectivity index (χ4v) is 3.03. The summed E-state index contributed by atoms with van der Waals surface area (Å²) in [7, 11) is 1.81. The maximum absolute atomic E-state index is 13.2. The van der Waals surface area contributed by atoms with Crippen molar-refractivity contribution < 1.29 is 13.9 Å². The van der Waals surface area contributed by atoms with Gasteiger partial charge < -0.3 is 15.0 Å². The lowest BCUT2D eigenvalue weighted by Gasteiger charge is -2.27. The topological polar surface area (TPSA) is 41.6 Å². The van der Waals surface area contributed by atoms with Crippen molar-refractivity contribution in [3.8, 4) is 5.75 Å². The Kier molecular flexibility index (Phi) is 5.66. The number of benzene rings is 2. The number of nitrogens with zero attached hydrogens (tertiary/aromatic N) is 1. The second kappa shape index (κ2) is 8.12. The lowest BCUT2D eigenvalue weighted by Crippen LogP contribution is -2.39. The van der Waals surface area contributed by atoms with Gasteiger partial charge in [-0.1, -0.05) is 12.1 Å². The molecule has 0 aliphatic carbocycles. The number of carbonyl (C=O) groups excluding carboxylic acids is 1. The molecule has 1 aliphatic heterocycles. The summed E-state index contributed by atoms with van der Waals surface area (Å²) in [6, 6.07) is 13.8. The molecule has 0 spiro atoms. The van der Waals surface area contributed by atoms with Gasteiger partial charge in [0, 0.05) is 18.7 Å². The molecule has 2 aromatic carbocycles. The number of anilines is 1. The summed E-state index contributed by atoms with van der Waals surface area (Å²) >= 11 is 0. The van der Waals surface area contributed by atoms with Gasteiger partial charge in [-0.15, -0.1) is 0 Å². The summed E-state index contributed by atoms with van der Waals surface area (Å²) < 4.78 is 18.8. The third-order valence-corrected chi connectivity index (χ3v) is 4.54. The van der Waals surface area contributed by atoms with E-state index in [4.69, 9.17) is 4.74 Å². The molecule has 1 amide bonds. The maximum atomic E-state index is 13.2. The van der Waals surface area contributed by atoms with Gasteiger partial charge in [0.15, 0.2) is 0 Å². The first-order valence-corrected chi connectivity index (χ1v) is 8.59. The molecule has 0 bridgehead atoms. The zero-order chi connectivity index (χ0) is 17.6. The molecular formula is C20H23FN2O2. The number of ether oxygens (including phenoxy) is 1. The summed E-state index contributed by atoms with van der Waals surface area (Å²) in [4.78, 5) is 14.3. The van der Waals surface area contributed by atoms with Crippen molar-refractivity contribution in [3.63, 3.8) is 0 Å². The molecule has 3 rings (SSSR count). The number of hydrogen-bond donors (Lipinski definition) is 1. The summed E-state index contributed by atoms with van der Waals surface area (Å²) in [5, 5.41) is 3.28. The minimum Gasteiger partial charge on any atom is -0.489 e. The molecule has 1 heterocycles. The van der Waals surface area contributed by atoms with E-state index in [0.29, 0.717) is 12.4 Å². The highest BCUT2D eigenvalue weighted by Crippen LogP contribution is 2.23. The van der Waals surface area contributed by atoms with Crippen LogP contribution in [0.15, 0.2) is 48.5 Å². The van der Waals surface area contributed by atoms with Crippen LogP contribution in [0.25, 0.3) is 0 Å². The van der Waals surface area contributed by atoms with Gasteiger partial charge in [0.1, 0.15) is 18.2 Å². The van der Waals surface area contributed by atoms with Gasteiger partial charge >= 0.3 is 0 Å². The van der Waals surface area contributed by atoms with E-state index in [1.54, 1.807) is 11.0 Å². The van der Waals surface area contributed by atoms with Gasteiger partial charge in [-0.25, -0.2) is 4.39 Å². The molecule has 1 fully saturated rings. The molecule has 25 heavy (non-hydrogen) atoms. The van der Waals surface area contributed by atoms with E-state index >= 15 is 0 Å². The molecular weight excluding hydrogens is 319 g/mol. The number of nitrogens with one attached hydrogen (secondary N) is 1. The van der Waals surface area contributed by atoms with E-state index in [2.05, 4.69) is 5.32 Å². The van der Waals surface area contributed by atoms with E-state index in [0.717, 1.165) is 37.2 Å². The summed E-state index contributed by atoms with van der Waals surface area (Å²) in [5.74, 6) is 0.676. The van der Waals surface area contributed by atoms with Crippen LogP contribution in [0.2, 0.25) is 0 Å². The maximum Gasteiger partial charge on any atom is 0.229 e. The van der Waals surface area contributed by atoms with Crippen molar-refractivity contribution in [1.82, 2.24) is 5.32 Å². The fraction of sp³-hybridized carbons (Fsp3) is 0.350. The lowest BCUT2D eigenvalue weighted by molar-refractivity contribution is -0.122. The van der Waals surface area contributed by atoms with Gasteiger partial charge in [0.2, 0.25) is 5.91 Å². The zero-order valence-corrected chi connectivity index (χ0v) is 14.4. The van der Waals surface area contributed by atoms with Crippen LogP contribution in [0.3, 0.4) is 0 Å². The van der Waals surface area contributed by atoms with Crippen molar-refractivity contribution in [3.05, 3.63) is 59.9 Å². The second-order valence-electron chi connectivity index (χ2n) is 6.33. The van der Waals surface area contributed by atoms with E-state index < -0.39 is 0 Å². The molecule has 1 N–H and O–H groups in total. The first kappa shape index (κ1) is 17.4. The predicted molar refractivity (Wildman–Crippen MR) is 96.2 cm³/mol. The number of hydrogen-bond acceptors (Lipinski definition) is 3. The van der Waals surface area contributed by atoms with E-state index in [1.165, 1.54) is 12.1 Å². The molecule has 1 saturated heterocycles. The SMILES string of the molecule is CN(C(=O)C1CCNCC1)c1ccc(OCc2cccc(F)c2)cc1. The Balaban J connectivity index is 1.58. The molecule has 0 unspecified atom stereocenters. The number of amides is 1. The van der Waals surface area contributed by atoms with Gasteiger partial charge in [0.05, 0.1) is 0 Å². The van der Waals surface area contributed by atoms with E-state index in [-0.39, 0.29) is 17.6 Å². The highest BCUT2D eigenvalue weighted by Gasteiger charge is 2.24. The Hall–Kier alpha value is -2.40. The quantitative estimate of drug-likeness (QED) is 0.906. The van der Waals surface area contributed by atoms with Crippen molar-refractivity contribution in [2.24, 2.45) is 5.92 Å². The van der Waals surface area contributed by atoms with Crippen molar-refractivity contribution in [2.75, 3.05) is 25.0 Å². The van der Waals surface area contributed by atoms with Crippen LogP contribution in [-0.4, -0.2) is 26.0 Å². The largest absolute Gasteiger partial charge is 0.489 e.